The number of urea groups is 1. The molecule has 6 nitrogen and oxygen atoms in total. The van der Waals surface area contributed by atoms with E-state index in [0.717, 1.165) is 48.6 Å². The molecular formula is C21H27N3O3. The van der Waals surface area contributed by atoms with Crippen LogP contribution in [-0.2, 0) is 11.3 Å². The van der Waals surface area contributed by atoms with Crippen molar-refractivity contribution in [1.29, 1.82) is 0 Å². The average molecular weight is 369 g/mol. The van der Waals surface area contributed by atoms with Gasteiger partial charge in [-0.1, -0.05) is 12.1 Å². The molecule has 1 aliphatic rings. The fourth-order valence-corrected chi connectivity index (χ4v) is 3.22. The Morgan fingerprint density at radius 3 is 2.52 bits per heavy atom. The molecule has 0 aliphatic carbocycles. The van der Waals surface area contributed by atoms with Crippen molar-refractivity contribution in [3.8, 4) is 5.75 Å². The summed E-state index contributed by atoms with van der Waals surface area (Å²) in [6, 6.07) is 15.3. The first kappa shape index (κ1) is 19.0. The first-order chi connectivity index (χ1) is 13.2. The van der Waals surface area contributed by atoms with E-state index in [9.17, 15) is 4.79 Å². The van der Waals surface area contributed by atoms with Gasteiger partial charge in [0.25, 0.3) is 0 Å². The molecule has 2 amide bonds. The van der Waals surface area contributed by atoms with Gasteiger partial charge in [-0.25, -0.2) is 4.79 Å². The van der Waals surface area contributed by atoms with Gasteiger partial charge in [0.05, 0.1) is 13.2 Å². The summed E-state index contributed by atoms with van der Waals surface area (Å²) in [6.45, 7) is 2.40. The average Bonchev–Trinajstić information content (AvgIpc) is 2.73. The Balaban J connectivity index is 1.49. The quantitative estimate of drug-likeness (QED) is 0.816. The zero-order chi connectivity index (χ0) is 19.1. The van der Waals surface area contributed by atoms with E-state index < -0.39 is 0 Å². The molecule has 1 atom stereocenters. The number of nitrogens with one attached hydrogen (secondary N) is 2. The summed E-state index contributed by atoms with van der Waals surface area (Å²) in [5.74, 6) is 0.800. The monoisotopic (exact) mass is 369 g/mol. The van der Waals surface area contributed by atoms with Crippen LogP contribution < -0.4 is 20.3 Å². The van der Waals surface area contributed by atoms with E-state index in [1.807, 2.05) is 48.5 Å². The highest BCUT2D eigenvalue weighted by Crippen LogP contribution is 2.23. The van der Waals surface area contributed by atoms with Gasteiger partial charge in [0.15, 0.2) is 0 Å². The van der Waals surface area contributed by atoms with Crippen molar-refractivity contribution in [3.05, 3.63) is 54.1 Å². The molecule has 1 fully saturated rings. The third kappa shape index (κ3) is 5.37. The number of hydrogen-bond acceptors (Lipinski definition) is 4. The maximum Gasteiger partial charge on any atom is 0.319 e. The number of amides is 2. The minimum Gasteiger partial charge on any atom is -0.497 e. The molecule has 1 saturated heterocycles. The van der Waals surface area contributed by atoms with Crippen LogP contribution in [0.5, 0.6) is 5.75 Å². The summed E-state index contributed by atoms with van der Waals surface area (Å²) in [7, 11) is 3.40. The van der Waals surface area contributed by atoms with Crippen molar-refractivity contribution in [2.75, 3.05) is 37.5 Å². The predicted molar refractivity (Wildman–Crippen MR) is 108 cm³/mol. The number of nitrogens with zero attached hydrogens (tertiary/aromatic N) is 1. The van der Waals surface area contributed by atoms with Crippen molar-refractivity contribution in [1.82, 2.24) is 5.32 Å². The second-order valence-corrected chi connectivity index (χ2v) is 6.65. The van der Waals surface area contributed by atoms with Crippen molar-refractivity contribution in [2.24, 2.45) is 0 Å². The molecule has 0 spiro atoms. The Bertz CT molecular complexity index is 731. The molecule has 0 bridgehead atoms. The van der Waals surface area contributed by atoms with Crippen LogP contribution in [0.3, 0.4) is 0 Å². The number of piperidine rings is 1. The summed E-state index contributed by atoms with van der Waals surface area (Å²) in [4.78, 5) is 14.4. The molecule has 1 aliphatic heterocycles. The molecule has 1 heterocycles. The van der Waals surface area contributed by atoms with Gasteiger partial charge < -0.3 is 25.0 Å². The summed E-state index contributed by atoms with van der Waals surface area (Å²) < 4.78 is 10.6. The van der Waals surface area contributed by atoms with Gasteiger partial charge in [0, 0.05) is 38.1 Å². The fourth-order valence-electron chi connectivity index (χ4n) is 3.22. The molecule has 3 rings (SSSR count). The maximum absolute atomic E-state index is 12.1. The van der Waals surface area contributed by atoms with Crippen LogP contribution in [-0.4, -0.2) is 39.4 Å². The lowest BCUT2D eigenvalue weighted by atomic mass is 10.1. The third-order valence-electron chi connectivity index (χ3n) is 4.81. The van der Waals surface area contributed by atoms with E-state index in [1.165, 1.54) is 0 Å². The Labute approximate surface area is 160 Å². The zero-order valence-electron chi connectivity index (χ0n) is 15.9. The van der Waals surface area contributed by atoms with Gasteiger partial charge in [0.1, 0.15) is 5.75 Å². The number of anilines is 2. The number of methoxy groups -OCH3 is 2. The topological polar surface area (TPSA) is 62.8 Å². The largest absolute Gasteiger partial charge is 0.497 e. The van der Waals surface area contributed by atoms with E-state index in [4.69, 9.17) is 9.47 Å². The van der Waals surface area contributed by atoms with Crippen LogP contribution in [0.1, 0.15) is 18.4 Å². The molecule has 2 N–H and O–H groups in total. The highest BCUT2D eigenvalue weighted by atomic mass is 16.5. The molecule has 0 unspecified atom stereocenters. The van der Waals surface area contributed by atoms with E-state index in [-0.39, 0.29) is 6.03 Å². The minimum absolute atomic E-state index is 0.226. The zero-order valence-corrected chi connectivity index (χ0v) is 15.9. The molecule has 0 aromatic heterocycles. The first-order valence-corrected chi connectivity index (χ1v) is 9.23. The number of hydrogen-bond donors (Lipinski definition) is 2. The van der Waals surface area contributed by atoms with Gasteiger partial charge in [-0.15, -0.1) is 0 Å². The normalized spacial score (nSPS) is 16.7. The first-order valence-electron chi connectivity index (χ1n) is 9.23. The van der Waals surface area contributed by atoms with E-state index in [2.05, 4.69) is 15.5 Å². The Hall–Kier alpha value is -2.73. The van der Waals surface area contributed by atoms with Crippen LogP contribution in [0.2, 0.25) is 0 Å². The highest BCUT2D eigenvalue weighted by molar-refractivity contribution is 5.89. The van der Waals surface area contributed by atoms with Crippen molar-refractivity contribution >= 4 is 17.4 Å². The van der Waals surface area contributed by atoms with Crippen molar-refractivity contribution in [3.63, 3.8) is 0 Å². The standard InChI is InChI=1S/C21H27N3O3/c1-26-19-11-5-16(6-12-19)14-22-21(25)23-17-7-9-18(10-8-17)24-13-3-4-20(15-24)27-2/h5-12,20H,3-4,13-15H2,1-2H3,(H2,22,23,25)/t20-/m0/s1. The van der Waals surface area contributed by atoms with Gasteiger partial charge in [-0.05, 0) is 54.8 Å². The number of carbonyl (C=O) groups is 1. The second kappa shape index (κ2) is 9.28. The van der Waals surface area contributed by atoms with Crippen LogP contribution in [0.15, 0.2) is 48.5 Å². The molecular weight excluding hydrogens is 342 g/mol. The number of benzene rings is 2. The molecule has 2 aromatic carbocycles. The van der Waals surface area contributed by atoms with Crippen molar-refractivity contribution < 1.29 is 14.3 Å². The Morgan fingerprint density at radius 1 is 1.11 bits per heavy atom. The SMILES string of the molecule is COc1ccc(CNC(=O)Nc2ccc(N3CCC[C@H](OC)C3)cc2)cc1. The lowest BCUT2D eigenvalue weighted by Crippen LogP contribution is -2.39. The molecule has 0 saturated carbocycles. The van der Waals surface area contributed by atoms with E-state index in [1.54, 1.807) is 14.2 Å². The van der Waals surface area contributed by atoms with Crippen LogP contribution in [0.4, 0.5) is 16.2 Å². The summed E-state index contributed by atoms with van der Waals surface area (Å²) >= 11 is 0. The number of rotatable bonds is 6. The van der Waals surface area contributed by atoms with Gasteiger partial charge in [-0.2, -0.15) is 0 Å². The summed E-state index contributed by atoms with van der Waals surface area (Å²) in [6.07, 6.45) is 2.54. The number of ether oxygens (including phenoxy) is 2. The molecule has 0 radical (unpaired) electrons. The fraction of sp³-hybridized carbons (Fsp3) is 0.381. The lowest BCUT2D eigenvalue weighted by Gasteiger charge is -2.33. The predicted octanol–water partition coefficient (Wildman–Crippen LogP) is 3.63. The van der Waals surface area contributed by atoms with Crippen LogP contribution >= 0.6 is 0 Å². The third-order valence-corrected chi connectivity index (χ3v) is 4.81. The van der Waals surface area contributed by atoms with Gasteiger partial charge in [0.2, 0.25) is 0 Å². The van der Waals surface area contributed by atoms with Crippen molar-refractivity contribution in [2.45, 2.75) is 25.5 Å². The van der Waals surface area contributed by atoms with E-state index >= 15 is 0 Å². The smallest absolute Gasteiger partial charge is 0.319 e. The van der Waals surface area contributed by atoms with Gasteiger partial charge in [-0.3, -0.25) is 0 Å². The highest BCUT2D eigenvalue weighted by Gasteiger charge is 2.19. The summed E-state index contributed by atoms with van der Waals surface area (Å²) in [5.41, 5.74) is 2.94. The number of carbonyl (C=O) groups excluding carboxylic acids is 1. The van der Waals surface area contributed by atoms with E-state index in [0.29, 0.717) is 12.6 Å². The van der Waals surface area contributed by atoms with Crippen LogP contribution in [0.25, 0.3) is 0 Å². The van der Waals surface area contributed by atoms with Gasteiger partial charge >= 0.3 is 6.03 Å². The molecule has 6 heteroatoms. The minimum atomic E-state index is -0.226. The van der Waals surface area contributed by atoms with Crippen LogP contribution in [0, 0.1) is 0 Å². The molecule has 2 aromatic rings. The summed E-state index contributed by atoms with van der Waals surface area (Å²) in [5, 5.41) is 5.73. The Morgan fingerprint density at radius 2 is 1.85 bits per heavy atom. The Kier molecular flexibility index (Phi) is 6.54. The second-order valence-electron chi connectivity index (χ2n) is 6.65. The lowest BCUT2D eigenvalue weighted by molar-refractivity contribution is 0.0893. The maximum atomic E-state index is 12.1. The molecule has 144 valence electrons. The molecule has 27 heavy (non-hydrogen) atoms.